The zero-order chi connectivity index (χ0) is 9.68. The molecule has 1 heterocycles. The van der Waals surface area contributed by atoms with Gasteiger partial charge in [0.25, 0.3) is 0 Å². The third-order valence-electron chi connectivity index (χ3n) is 1.36. The van der Waals surface area contributed by atoms with Crippen LogP contribution in [-0.2, 0) is 11.2 Å². The minimum absolute atomic E-state index is 0.116. The second-order valence-electron chi connectivity index (χ2n) is 2.22. The molecule has 1 aromatic heterocycles. The van der Waals surface area contributed by atoms with E-state index in [1.807, 2.05) is 0 Å². The Bertz CT molecular complexity index is 354. The van der Waals surface area contributed by atoms with Crippen LogP contribution in [0.25, 0.3) is 0 Å². The quantitative estimate of drug-likeness (QED) is 0.319. The highest BCUT2D eigenvalue weighted by molar-refractivity contribution is 7.15. The van der Waals surface area contributed by atoms with Gasteiger partial charge in [-0.25, -0.2) is 9.79 Å². The zero-order valence-electron chi connectivity index (χ0n) is 6.60. The number of nitrogens with zero attached hydrogens (tertiary/aromatic N) is 2. The van der Waals surface area contributed by atoms with Crippen molar-refractivity contribution in [2.75, 3.05) is 6.54 Å². The first-order valence-electron chi connectivity index (χ1n) is 3.51. The van der Waals surface area contributed by atoms with Crippen molar-refractivity contribution < 1.29 is 9.72 Å². The average molecular weight is 198 g/mol. The summed E-state index contributed by atoms with van der Waals surface area (Å²) < 4.78 is 0. The highest BCUT2D eigenvalue weighted by atomic mass is 32.1. The van der Waals surface area contributed by atoms with E-state index in [0.717, 1.165) is 16.2 Å². The fourth-order valence-electron chi connectivity index (χ4n) is 0.811. The van der Waals surface area contributed by atoms with Gasteiger partial charge in [-0.05, 0) is 6.07 Å². The monoisotopic (exact) mass is 198 g/mol. The van der Waals surface area contributed by atoms with Gasteiger partial charge in [-0.1, -0.05) is 11.3 Å². The lowest BCUT2D eigenvalue weighted by atomic mass is 10.3. The molecular formula is C7H6N2O3S. The molecule has 0 atom stereocenters. The number of nitro groups is 1. The molecule has 0 radical (unpaired) electrons. The Labute approximate surface area is 77.9 Å². The van der Waals surface area contributed by atoms with Gasteiger partial charge in [0.1, 0.15) is 0 Å². The van der Waals surface area contributed by atoms with Crippen molar-refractivity contribution in [1.82, 2.24) is 0 Å². The lowest BCUT2D eigenvalue weighted by Gasteiger charge is -1.86. The van der Waals surface area contributed by atoms with Gasteiger partial charge in [-0.15, -0.1) is 0 Å². The number of carbonyl (C=O) groups excluding carboxylic acids is 1. The summed E-state index contributed by atoms with van der Waals surface area (Å²) in [6.07, 6.45) is 1.96. The fourth-order valence-corrected chi connectivity index (χ4v) is 1.62. The van der Waals surface area contributed by atoms with Gasteiger partial charge in [-0.3, -0.25) is 10.1 Å². The second kappa shape index (κ2) is 4.49. The van der Waals surface area contributed by atoms with Gasteiger partial charge in [0.15, 0.2) is 0 Å². The van der Waals surface area contributed by atoms with Crippen molar-refractivity contribution in [2.24, 2.45) is 4.99 Å². The Kier molecular flexibility index (Phi) is 3.31. The smallest absolute Gasteiger partial charge is 0.258 e. The van der Waals surface area contributed by atoms with Gasteiger partial charge < -0.3 is 0 Å². The van der Waals surface area contributed by atoms with E-state index in [1.54, 1.807) is 6.07 Å². The predicted octanol–water partition coefficient (Wildman–Crippen LogP) is 1.53. The molecule has 0 fully saturated rings. The first kappa shape index (κ1) is 9.57. The van der Waals surface area contributed by atoms with E-state index >= 15 is 0 Å². The largest absolute Gasteiger partial charge is 0.324 e. The molecule has 6 heteroatoms. The maximum Gasteiger partial charge on any atom is 0.324 e. The fraction of sp³-hybridized carbons (Fsp3) is 0.286. The van der Waals surface area contributed by atoms with Crippen LogP contribution in [0.5, 0.6) is 0 Å². The van der Waals surface area contributed by atoms with Crippen LogP contribution in [0.1, 0.15) is 4.88 Å². The predicted molar refractivity (Wildman–Crippen MR) is 47.7 cm³/mol. The molecule has 1 aromatic rings. The van der Waals surface area contributed by atoms with E-state index < -0.39 is 4.92 Å². The molecule has 0 amide bonds. The van der Waals surface area contributed by atoms with Gasteiger partial charge >= 0.3 is 5.00 Å². The minimum Gasteiger partial charge on any atom is -0.258 e. The van der Waals surface area contributed by atoms with E-state index in [2.05, 4.69) is 4.99 Å². The molecule has 0 unspecified atom stereocenters. The summed E-state index contributed by atoms with van der Waals surface area (Å²) in [7, 11) is 0. The number of aliphatic imine (C=N–C) groups is 1. The van der Waals surface area contributed by atoms with E-state index in [4.69, 9.17) is 0 Å². The summed E-state index contributed by atoms with van der Waals surface area (Å²) >= 11 is 1.10. The van der Waals surface area contributed by atoms with Crippen molar-refractivity contribution in [3.05, 3.63) is 27.1 Å². The molecular weight excluding hydrogens is 192 g/mol. The minimum atomic E-state index is -0.433. The summed E-state index contributed by atoms with van der Waals surface area (Å²) in [6.45, 7) is 0.334. The van der Waals surface area contributed by atoms with Crippen LogP contribution >= 0.6 is 11.3 Å². The Balaban J connectivity index is 2.58. The Hall–Kier alpha value is -1.52. The first-order valence-corrected chi connectivity index (χ1v) is 4.32. The Morgan fingerprint density at radius 3 is 2.92 bits per heavy atom. The third kappa shape index (κ3) is 2.77. The summed E-state index contributed by atoms with van der Waals surface area (Å²) in [5, 5.41) is 10.4. The second-order valence-corrected chi connectivity index (χ2v) is 3.37. The lowest BCUT2D eigenvalue weighted by Crippen LogP contribution is -1.84. The number of hydrogen-bond acceptors (Lipinski definition) is 5. The van der Waals surface area contributed by atoms with Crippen molar-refractivity contribution >= 4 is 22.4 Å². The molecule has 1 rings (SSSR count). The molecule has 0 saturated carbocycles. The number of thiophene rings is 1. The number of rotatable bonds is 4. The van der Waals surface area contributed by atoms with Crippen LogP contribution < -0.4 is 0 Å². The standard InChI is InChI=1S/C7H6N2O3S/c10-5-8-4-3-6-1-2-7(13-6)9(11)12/h1-2H,3-4H2. The first-order chi connectivity index (χ1) is 6.24. The average Bonchev–Trinajstić information content (AvgIpc) is 2.53. The van der Waals surface area contributed by atoms with Crippen LogP contribution in [0.4, 0.5) is 5.00 Å². The van der Waals surface area contributed by atoms with Gasteiger partial charge in [0, 0.05) is 17.4 Å². The van der Waals surface area contributed by atoms with Crippen LogP contribution in [0.3, 0.4) is 0 Å². The third-order valence-corrected chi connectivity index (χ3v) is 2.46. The topological polar surface area (TPSA) is 72.6 Å². The van der Waals surface area contributed by atoms with Crippen molar-refractivity contribution in [3.8, 4) is 0 Å². The molecule has 5 nitrogen and oxygen atoms in total. The van der Waals surface area contributed by atoms with Crippen LogP contribution in [0, 0.1) is 10.1 Å². The summed E-state index contributed by atoms with van der Waals surface area (Å²) in [5.41, 5.74) is 0. The number of hydrogen-bond donors (Lipinski definition) is 0. The van der Waals surface area contributed by atoms with Crippen molar-refractivity contribution in [2.45, 2.75) is 6.42 Å². The van der Waals surface area contributed by atoms with E-state index in [9.17, 15) is 14.9 Å². The van der Waals surface area contributed by atoms with E-state index in [-0.39, 0.29) is 5.00 Å². The molecule has 0 aliphatic carbocycles. The maximum atomic E-state index is 10.3. The summed E-state index contributed by atoms with van der Waals surface area (Å²) in [5.74, 6) is 0. The Morgan fingerprint density at radius 1 is 1.62 bits per heavy atom. The maximum absolute atomic E-state index is 10.3. The zero-order valence-corrected chi connectivity index (χ0v) is 7.41. The van der Waals surface area contributed by atoms with Gasteiger partial charge in [0.05, 0.1) is 11.5 Å². The molecule has 13 heavy (non-hydrogen) atoms. The van der Waals surface area contributed by atoms with Gasteiger partial charge in [0.2, 0.25) is 6.08 Å². The van der Waals surface area contributed by atoms with Crippen LogP contribution in [0.15, 0.2) is 17.1 Å². The van der Waals surface area contributed by atoms with E-state index in [0.29, 0.717) is 13.0 Å². The molecule has 0 saturated heterocycles. The van der Waals surface area contributed by atoms with Gasteiger partial charge in [-0.2, -0.15) is 0 Å². The highest BCUT2D eigenvalue weighted by Crippen LogP contribution is 2.23. The summed E-state index contributed by atoms with van der Waals surface area (Å²) in [6, 6.07) is 3.12. The highest BCUT2D eigenvalue weighted by Gasteiger charge is 2.08. The normalized spacial score (nSPS) is 9.23. The molecule has 0 bridgehead atoms. The lowest BCUT2D eigenvalue weighted by molar-refractivity contribution is -0.380. The van der Waals surface area contributed by atoms with Crippen molar-refractivity contribution in [3.63, 3.8) is 0 Å². The molecule has 0 N–H and O–H groups in total. The van der Waals surface area contributed by atoms with Crippen LogP contribution in [-0.4, -0.2) is 17.5 Å². The van der Waals surface area contributed by atoms with Crippen molar-refractivity contribution in [1.29, 1.82) is 0 Å². The Morgan fingerprint density at radius 2 is 2.38 bits per heavy atom. The van der Waals surface area contributed by atoms with Crippen LogP contribution in [0.2, 0.25) is 0 Å². The molecule has 0 spiro atoms. The summed E-state index contributed by atoms with van der Waals surface area (Å²) in [4.78, 5) is 23.8. The number of isocyanates is 1. The molecule has 0 aromatic carbocycles. The molecule has 0 aliphatic rings. The SMILES string of the molecule is O=C=NCCc1ccc([N+](=O)[O-])s1. The molecule has 0 aliphatic heterocycles. The van der Waals surface area contributed by atoms with E-state index in [1.165, 1.54) is 12.1 Å². The molecule has 68 valence electrons.